The van der Waals surface area contributed by atoms with Crippen molar-refractivity contribution in [3.63, 3.8) is 0 Å². The van der Waals surface area contributed by atoms with E-state index in [9.17, 15) is 19.8 Å². The quantitative estimate of drug-likeness (QED) is 0.722. The van der Waals surface area contributed by atoms with Crippen molar-refractivity contribution in [3.8, 4) is 0 Å². The summed E-state index contributed by atoms with van der Waals surface area (Å²) in [6, 6.07) is 8.51. The number of carbonyl (C=O) groups excluding carboxylic acids is 2. The van der Waals surface area contributed by atoms with E-state index in [0.29, 0.717) is 0 Å². The van der Waals surface area contributed by atoms with Crippen LogP contribution in [-0.4, -0.2) is 58.5 Å². The second-order valence-electron chi connectivity index (χ2n) is 5.31. The number of β-amino-alcohol motifs (C(OH)–C–C–N with tert-alkyl or cyclic N) is 1. The van der Waals surface area contributed by atoms with E-state index in [4.69, 9.17) is 4.74 Å². The molecule has 0 radical (unpaired) electrons. The molecular weight excluding hydrogens is 288 g/mol. The minimum absolute atomic E-state index is 0.0368. The molecule has 1 saturated heterocycles. The summed E-state index contributed by atoms with van der Waals surface area (Å²) in [6.07, 6.45) is -2.83. The number of ether oxygens (including phenoxy) is 1. The van der Waals surface area contributed by atoms with Gasteiger partial charge in [0.1, 0.15) is 12.7 Å². The van der Waals surface area contributed by atoms with Gasteiger partial charge in [0, 0.05) is 13.5 Å². The average Bonchev–Trinajstić information content (AvgIpc) is 2.49. The molecule has 1 aliphatic rings. The lowest BCUT2D eigenvalue weighted by atomic mass is 10.00. The molecule has 2 rings (SSSR count). The molecule has 7 heteroatoms. The number of rotatable bonds is 3. The monoisotopic (exact) mass is 308 g/mol. The molecule has 0 unspecified atom stereocenters. The summed E-state index contributed by atoms with van der Waals surface area (Å²) in [6.45, 7) is 1.49. The van der Waals surface area contributed by atoms with Crippen molar-refractivity contribution in [2.75, 3.05) is 13.1 Å². The molecule has 1 aromatic carbocycles. The Labute approximate surface area is 128 Å². The number of nitrogens with zero attached hydrogens (tertiary/aromatic N) is 1. The van der Waals surface area contributed by atoms with Crippen molar-refractivity contribution in [2.24, 2.45) is 0 Å². The van der Waals surface area contributed by atoms with Gasteiger partial charge in [-0.15, -0.1) is 0 Å². The largest absolute Gasteiger partial charge is 0.445 e. The number of hydrogen-bond donors (Lipinski definition) is 3. The number of benzene rings is 1. The van der Waals surface area contributed by atoms with E-state index >= 15 is 0 Å². The predicted molar refractivity (Wildman–Crippen MR) is 77.8 cm³/mol. The van der Waals surface area contributed by atoms with Crippen LogP contribution >= 0.6 is 0 Å². The van der Waals surface area contributed by atoms with E-state index in [2.05, 4.69) is 5.32 Å². The van der Waals surface area contributed by atoms with E-state index in [1.54, 1.807) is 0 Å². The fraction of sp³-hybridized carbons (Fsp3) is 0.467. The average molecular weight is 308 g/mol. The molecule has 1 aromatic rings. The summed E-state index contributed by atoms with van der Waals surface area (Å²) < 4.78 is 5.19. The molecule has 0 aromatic heterocycles. The third-order valence-electron chi connectivity index (χ3n) is 3.48. The third kappa shape index (κ3) is 4.19. The molecule has 1 aliphatic heterocycles. The molecule has 120 valence electrons. The lowest BCUT2D eigenvalue weighted by Crippen LogP contribution is -2.62. The first-order valence-electron chi connectivity index (χ1n) is 7.06. The Hall–Kier alpha value is -2.12. The summed E-state index contributed by atoms with van der Waals surface area (Å²) in [7, 11) is 0. The standard InChI is InChI=1S/C15H20N2O5/c1-10(18)16-12-7-17(8-13(19)14(12)20)15(21)22-9-11-5-3-2-4-6-11/h2-6,12-14,19-20H,7-9H2,1H3,(H,16,18)/t12-,13-,14+/m0/s1. The molecule has 0 saturated carbocycles. The van der Waals surface area contributed by atoms with Gasteiger partial charge in [0.25, 0.3) is 0 Å². The minimum atomic E-state index is -1.13. The first-order valence-corrected chi connectivity index (χ1v) is 7.06. The van der Waals surface area contributed by atoms with E-state index in [1.165, 1.54) is 11.8 Å². The first kappa shape index (κ1) is 16.3. The lowest BCUT2D eigenvalue weighted by molar-refractivity contribution is -0.123. The Balaban J connectivity index is 1.92. The Morgan fingerprint density at radius 3 is 2.59 bits per heavy atom. The van der Waals surface area contributed by atoms with Gasteiger partial charge >= 0.3 is 6.09 Å². The van der Waals surface area contributed by atoms with Crippen LogP contribution in [0.3, 0.4) is 0 Å². The van der Waals surface area contributed by atoms with Crippen molar-refractivity contribution < 1.29 is 24.5 Å². The predicted octanol–water partition coefficient (Wildman–Crippen LogP) is -0.135. The van der Waals surface area contributed by atoms with Crippen molar-refractivity contribution in [3.05, 3.63) is 35.9 Å². The number of aliphatic hydroxyl groups excluding tert-OH is 2. The highest BCUT2D eigenvalue weighted by molar-refractivity contribution is 5.73. The van der Waals surface area contributed by atoms with E-state index in [0.717, 1.165) is 5.56 Å². The molecule has 22 heavy (non-hydrogen) atoms. The third-order valence-corrected chi connectivity index (χ3v) is 3.48. The molecule has 1 fully saturated rings. The summed E-state index contributed by atoms with van der Waals surface area (Å²) in [5.41, 5.74) is 0.854. The molecule has 7 nitrogen and oxygen atoms in total. The van der Waals surface area contributed by atoms with Gasteiger partial charge in [0.05, 0.1) is 18.7 Å². The zero-order chi connectivity index (χ0) is 16.1. The van der Waals surface area contributed by atoms with Crippen LogP contribution in [-0.2, 0) is 16.1 Å². The minimum Gasteiger partial charge on any atom is -0.445 e. The number of nitrogens with one attached hydrogen (secondary N) is 1. The summed E-state index contributed by atoms with van der Waals surface area (Å²) in [5, 5.41) is 22.2. The van der Waals surface area contributed by atoms with Gasteiger partial charge in [-0.05, 0) is 5.56 Å². The molecule has 2 amide bonds. The molecule has 0 bridgehead atoms. The summed E-state index contributed by atoms with van der Waals surface area (Å²) in [5.74, 6) is -0.337. The van der Waals surface area contributed by atoms with Crippen LogP contribution < -0.4 is 5.32 Å². The van der Waals surface area contributed by atoms with Gasteiger partial charge in [-0.2, -0.15) is 0 Å². The Bertz CT molecular complexity index is 522. The molecule has 3 atom stereocenters. The van der Waals surface area contributed by atoms with Crippen LogP contribution in [0.5, 0.6) is 0 Å². The Kier molecular flexibility index (Phi) is 5.35. The van der Waals surface area contributed by atoms with Crippen molar-refractivity contribution in [2.45, 2.75) is 31.8 Å². The smallest absolute Gasteiger partial charge is 0.410 e. The maximum atomic E-state index is 12.1. The zero-order valence-electron chi connectivity index (χ0n) is 12.3. The van der Waals surface area contributed by atoms with Gasteiger partial charge in [0.2, 0.25) is 5.91 Å². The van der Waals surface area contributed by atoms with E-state index in [-0.39, 0.29) is 25.6 Å². The number of aliphatic hydroxyl groups is 2. The summed E-state index contributed by atoms with van der Waals surface area (Å²) >= 11 is 0. The molecule has 0 spiro atoms. The second-order valence-corrected chi connectivity index (χ2v) is 5.31. The van der Waals surface area contributed by atoms with Crippen LogP contribution in [0.15, 0.2) is 30.3 Å². The molecule has 1 heterocycles. The number of carbonyl (C=O) groups is 2. The van der Waals surface area contributed by atoms with Gasteiger partial charge in [-0.25, -0.2) is 4.79 Å². The molecule has 0 aliphatic carbocycles. The topological polar surface area (TPSA) is 99.1 Å². The molecular formula is C15H20N2O5. The van der Waals surface area contributed by atoms with Crippen molar-refractivity contribution >= 4 is 12.0 Å². The van der Waals surface area contributed by atoms with Crippen LogP contribution in [0.4, 0.5) is 4.79 Å². The van der Waals surface area contributed by atoms with E-state index < -0.39 is 24.3 Å². The number of hydrogen-bond acceptors (Lipinski definition) is 5. The number of amides is 2. The Morgan fingerprint density at radius 1 is 1.27 bits per heavy atom. The van der Waals surface area contributed by atoms with Gasteiger partial charge < -0.3 is 25.2 Å². The van der Waals surface area contributed by atoms with Crippen LogP contribution in [0.2, 0.25) is 0 Å². The van der Waals surface area contributed by atoms with Crippen LogP contribution in [0.25, 0.3) is 0 Å². The van der Waals surface area contributed by atoms with Crippen molar-refractivity contribution in [1.82, 2.24) is 10.2 Å². The number of likely N-dealkylation sites (tertiary alicyclic amines) is 1. The normalized spacial score (nSPS) is 24.7. The van der Waals surface area contributed by atoms with Crippen LogP contribution in [0, 0.1) is 0 Å². The summed E-state index contributed by atoms with van der Waals surface area (Å²) in [4.78, 5) is 24.4. The SMILES string of the molecule is CC(=O)N[C@H]1CN(C(=O)OCc2ccccc2)C[C@H](O)[C@@H]1O. The second kappa shape index (κ2) is 7.24. The van der Waals surface area contributed by atoms with Crippen molar-refractivity contribution in [1.29, 1.82) is 0 Å². The number of piperidine rings is 1. The first-order chi connectivity index (χ1) is 10.5. The maximum absolute atomic E-state index is 12.1. The molecule has 3 N–H and O–H groups in total. The highest BCUT2D eigenvalue weighted by Gasteiger charge is 2.37. The maximum Gasteiger partial charge on any atom is 0.410 e. The Morgan fingerprint density at radius 2 is 1.95 bits per heavy atom. The fourth-order valence-electron chi connectivity index (χ4n) is 2.37. The highest BCUT2D eigenvalue weighted by Crippen LogP contribution is 2.14. The van der Waals surface area contributed by atoms with Gasteiger partial charge in [-0.1, -0.05) is 30.3 Å². The zero-order valence-corrected chi connectivity index (χ0v) is 12.3. The van der Waals surface area contributed by atoms with Crippen LogP contribution in [0.1, 0.15) is 12.5 Å². The van der Waals surface area contributed by atoms with Gasteiger partial charge in [0.15, 0.2) is 0 Å². The fourth-order valence-corrected chi connectivity index (χ4v) is 2.37. The lowest BCUT2D eigenvalue weighted by Gasteiger charge is -2.38. The van der Waals surface area contributed by atoms with E-state index in [1.807, 2.05) is 30.3 Å². The van der Waals surface area contributed by atoms with Gasteiger partial charge in [-0.3, -0.25) is 4.79 Å². The highest BCUT2D eigenvalue weighted by atomic mass is 16.6.